The molecule has 0 unspecified atom stereocenters. The van der Waals surface area contributed by atoms with Crippen LogP contribution in [0.25, 0.3) is 6.08 Å². The third kappa shape index (κ3) is 5.66. The molecule has 0 bridgehead atoms. The molecule has 162 valence electrons. The minimum atomic E-state index is -0.848. The van der Waals surface area contributed by atoms with E-state index in [4.69, 9.17) is 18.9 Å². The predicted molar refractivity (Wildman–Crippen MR) is 119 cm³/mol. The molecule has 1 fully saturated rings. The Labute approximate surface area is 191 Å². The molecule has 31 heavy (non-hydrogen) atoms. The van der Waals surface area contributed by atoms with Crippen LogP contribution in [-0.2, 0) is 9.59 Å². The standard InChI is InChI=1S/C21H19IN2O7/c1-28-13-4-3-5-14(11-13)30-6-7-31-18-16(22)9-12(10-17(18)29-2)8-15-19(25)23-21(27)24-20(15)26/h3-5,8-11H,6-7H2,1-2H3,(H2,23,24,25,26,27). The minimum Gasteiger partial charge on any atom is -0.497 e. The average Bonchev–Trinajstić information content (AvgIpc) is 2.74. The van der Waals surface area contributed by atoms with Crippen LogP contribution >= 0.6 is 22.6 Å². The molecule has 0 atom stereocenters. The molecule has 0 aliphatic carbocycles. The molecule has 3 rings (SSSR count). The zero-order valence-corrected chi connectivity index (χ0v) is 18.8. The second-order valence-corrected chi connectivity index (χ2v) is 7.37. The van der Waals surface area contributed by atoms with Gasteiger partial charge in [-0.15, -0.1) is 0 Å². The number of carbonyl (C=O) groups excluding carboxylic acids is 3. The van der Waals surface area contributed by atoms with Crippen LogP contribution in [0.15, 0.2) is 42.0 Å². The Morgan fingerprint density at radius 3 is 2.26 bits per heavy atom. The van der Waals surface area contributed by atoms with Crippen LogP contribution in [0.2, 0.25) is 0 Å². The molecule has 2 aromatic carbocycles. The monoisotopic (exact) mass is 538 g/mol. The number of halogens is 1. The third-order valence-corrected chi connectivity index (χ3v) is 4.95. The average molecular weight is 538 g/mol. The van der Waals surface area contributed by atoms with Crippen LogP contribution in [0, 0.1) is 3.57 Å². The number of carbonyl (C=O) groups is 3. The van der Waals surface area contributed by atoms with Crippen LogP contribution in [0.4, 0.5) is 4.79 Å². The minimum absolute atomic E-state index is 0.183. The summed E-state index contributed by atoms with van der Waals surface area (Å²) >= 11 is 2.07. The Bertz CT molecular complexity index is 1030. The molecule has 1 aliphatic rings. The SMILES string of the molecule is COc1cccc(OCCOc2c(I)cc(C=C3C(=O)NC(=O)NC3=O)cc2OC)c1. The van der Waals surface area contributed by atoms with Gasteiger partial charge in [0.05, 0.1) is 17.8 Å². The van der Waals surface area contributed by atoms with Gasteiger partial charge in [-0.2, -0.15) is 0 Å². The summed E-state index contributed by atoms with van der Waals surface area (Å²) in [6.45, 7) is 0.559. The Kier molecular flexibility index (Phi) is 7.34. The van der Waals surface area contributed by atoms with Crippen molar-refractivity contribution in [3.8, 4) is 23.0 Å². The Morgan fingerprint density at radius 1 is 0.903 bits per heavy atom. The van der Waals surface area contributed by atoms with Gasteiger partial charge in [-0.05, 0) is 58.5 Å². The highest BCUT2D eigenvalue weighted by Crippen LogP contribution is 2.34. The van der Waals surface area contributed by atoms with Crippen LogP contribution < -0.4 is 29.6 Å². The van der Waals surface area contributed by atoms with Gasteiger partial charge in [-0.3, -0.25) is 20.2 Å². The molecule has 1 saturated heterocycles. The predicted octanol–water partition coefficient (Wildman–Crippen LogP) is 2.52. The fraction of sp³-hybridized carbons (Fsp3) is 0.190. The van der Waals surface area contributed by atoms with Gasteiger partial charge in [0.15, 0.2) is 11.5 Å². The summed E-state index contributed by atoms with van der Waals surface area (Å²) in [5.74, 6) is 0.758. The number of benzene rings is 2. The van der Waals surface area contributed by atoms with E-state index >= 15 is 0 Å². The van der Waals surface area contributed by atoms with Crippen molar-refractivity contribution in [3.63, 3.8) is 0 Å². The summed E-state index contributed by atoms with van der Waals surface area (Å²) < 4.78 is 22.8. The second kappa shape index (κ2) is 10.2. The quantitative estimate of drug-likeness (QED) is 0.230. The first-order chi connectivity index (χ1) is 14.9. The van der Waals surface area contributed by atoms with E-state index in [0.717, 1.165) is 0 Å². The summed E-state index contributed by atoms with van der Waals surface area (Å²) in [6, 6.07) is 9.76. The molecule has 0 saturated carbocycles. The van der Waals surface area contributed by atoms with Crippen molar-refractivity contribution < 1.29 is 33.3 Å². The lowest BCUT2D eigenvalue weighted by Crippen LogP contribution is -2.51. The maximum atomic E-state index is 11.9. The Hall–Kier alpha value is -3.28. The third-order valence-electron chi connectivity index (χ3n) is 4.15. The van der Waals surface area contributed by atoms with E-state index in [2.05, 4.69) is 22.6 Å². The molecule has 10 heteroatoms. The molecule has 1 aliphatic heterocycles. The highest BCUT2D eigenvalue weighted by molar-refractivity contribution is 14.1. The van der Waals surface area contributed by atoms with Gasteiger partial charge in [0.25, 0.3) is 11.8 Å². The lowest BCUT2D eigenvalue weighted by Gasteiger charge is -2.16. The van der Waals surface area contributed by atoms with Crippen molar-refractivity contribution in [1.82, 2.24) is 10.6 Å². The number of urea groups is 1. The molecule has 0 radical (unpaired) electrons. The molecular weight excluding hydrogens is 519 g/mol. The van der Waals surface area contributed by atoms with E-state index in [-0.39, 0.29) is 12.2 Å². The van der Waals surface area contributed by atoms with Gasteiger partial charge in [0.1, 0.15) is 30.3 Å². The lowest BCUT2D eigenvalue weighted by atomic mass is 10.1. The van der Waals surface area contributed by atoms with Gasteiger partial charge in [0, 0.05) is 6.07 Å². The molecule has 2 aromatic rings. The van der Waals surface area contributed by atoms with E-state index in [0.29, 0.717) is 38.7 Å². The van der Waals surface area contributed by atoms with Crippen LogP contribution in [0.5, 0.6) is 23.0 Å². The summed E-state index contributed by atoms with van der Waals surface area (Å²) in [4.78, 5) is 35.0. The Balaban J connectivity index is 1.69. The number of rotatable bonds is 8. The van der Waals surface area contributed by atoms with Crippen LogP contribution in [0.1, 0.15) is 5.56 Å². The number of hydrogen-bond donors (Lipinski definition) is 2. The first kappa shape index (κ1) is 22.4. The number of hydrogen-bond acceptors (Lipinski definition) is 7. The second-order valence-electron chi connectivity index (χ2n) is 6.21. The molecular formula is C21H19IN2O7. The number of methoxy groups -OCH3 is 2. The van der Waals surface area contributed by atoms with Crippen LogP contribution in [-0.4, -0.2) is 45.3 Å². The highest BCUT2D eigenvalue weighted by atomic mass is 127. The van der Waals surface area contributed by atoms with E-state index < -0.39 is 17.8 Å². The van der Waals surface area contributed by atoms with Gasteiger partial charge in [-0.1, -0.05) is 6.07 Å². The fourth-order valence-electron chi connectivity index (χ4n) is 2.73. The van der Waals surface area contributed by atoms with E-state index in [9.17, 15) is 14.4 Å². The topological polar surface area (TPSA) is 112 Å². The smallest absolute Gasteiger partial charge is 0.328 e. The van der Waals surface area contributed by atoms with Crippen LogP contribution in [0.3, 0.4) is 0 Å². The van der Waals surface area contributed by atoms with E-state index in [1.165, 1.54) is 13.2 Å². The largest absolute Gasteiger partial charge is 0.497 e. The molecule has 9 nitrogen and oxygen atoms in total. The maximum Gasteiger partial charge on any atom is 0.328 e. The number of nitrogens with one attached hydrogen (secondary N) is 2. The van der Waals surface area contributed by atoms with E-state index in [1.54, 1.807) is 25.3 Å². The Morgan fingerprint density at radius 2 is 1.58 bits per heavy atom. The van der Waals surface area contributed by atoms with Crippen molar-refractivity contribution in [2.75, 3.05) is 27.4 Å². The van der Waals surface area contributed by atoms with E-state index in [1.807, 2.05) is 28.8 Å². The van der Waals surface area contributed by atoms with Crippen molar-refractivity contribution in [1.29, 1.82) is 0 Å². The maximum absolute atomic E-state index is 11.9. The normalized spacial score (nSPS) is 13.3. The molecule has 0 spiro atoms. The summed E-state index contributed by atoms with van der Waals surface area (Å²) in [5, 5.41) is 4.06. The fourth-order valence-corrected chi connectivity index (χ4v) is 3.51. The zero-order valence-electron chi connectivity index (χ0n) is 16.7. The lowest BCUT2D eigenvalue weighted by molar-refractivity contribution is -0.123. The van der Waals surface area contributed by atoms with Gasteiger partial charge in [0.2, 0.25) is 0 Å². The van der Waals surface area contributed by atoms with Gasteiger partial charge >= 0.3 is 6.03 Å². The van der Waals surface area contributed by atoms with Gasteiger partial charge in [-0.25, -0.2) is 4.79 Å². The first-order valence-electron chi connectivity index (χ1n) is 9.07. The molecule has 1 heterocycles. The number of imide groups is 2. The van der Waals surface area contributed by atoms with Crippen molar-refractivity contribution >= 4 is 46.5 Å². The molecule has 2 N–H and O–H groups in total. The zero-order chi connectivity index (χ0) is 22.4. The number of amides is 4. The van der Waals surface area contributed by atoms with Crippen molar-refractivity contribution in [3.05, 3.63) is 51.1 Å². The molecule has 0 aromatic heterocycles. The number of ether oxygens (including phenoxy) is 4. The van der Waals surface area contributed by atoms with Crippen molar-refractivity contribution in [2.24, 2.45) is 0 Å². The molecule has 4 amide bonds. The van der Waals surface area contributed by atoms with Gasteiger partial charge < -0.3 is 18.9 Å². The number of barbiturate groups is 1. The highest BCUT2D eigenvalue weighted by Gasteiger charge is 2.27. The van der Waals surface area contributed by atoms with Crippen molar-refractivity contribution in [2.45, 2.75) is 0 Å². The summed E-state index contributed by atoms with van der Waals surface area (Å²) in [5.41, 5.74) is 0.355. The first-order valence-corrected chi connectivity index (χ1v) is 10.1. The summed E-state index contributed by atoms with van der Waals surface area (Å²) in [7, 11) is 3.07. The summed E-state index contributed by atoms with van der Waals surface area (Å²) in [6.07, 6.45) is 1.37.